The van der Waals surface area contributed by atoms with Gasteiger partial charge in [-0.25, -0.2) is 5.10 Å². The lowest BCUT2D eigenvalue weighted by Crippen LogP contribution is -2.15. The molecule has 0 fully saturated rings. The predicted octanol–water partition coefficient (Wildman–Crippen LogP) is 3.40. The molecular weight excluding hydrogens is 328 g/mol. The van der Waals surface area contributed by atoms with Crippen LogP contribution in [0.25, 0.3) is 11.3 Å². The maximum atomic E-state index is 12.1. The molecule has 24 heavy (non-hydrogen) atoms. The van der Waals surface area contributed by atoms with Crippen LogP contribution < -0.4 is 10.3 Å². The first-order valence-electron chi connectivity index (χ1n) is 7.27. The second-order valence-electron chi connectivity index (χ2n) is 5.30. The van der Waals surface area contributed by atoms with Gasteiger partial charge in [-0.05, 0) is 35.9 Å². The van der Waals surface area contributed by atoms with Gasteiger partial charge in [0.2, 0.25) is 0 Å². The molecule has 122 valence electrons. The third-order valence-electron chi connectivity index (χ3n) is 3.66. The number of halogens is 1. The van der Waals surface area contributed by atoms with Crippen molar-refractivity contribution in [2.45, 2.75) is 6.42 Å². The van der Waals surface area contributed by atoms with E-state index in [1.54, 1.807) is 36.4 Å². The van der Waals surface area contributed by atoms with Gasteiger partial charge >= 0.3 is 0 Å². The fourth-order valence-corrected chi connectivity index (χ4v) is 2.52. The zero-order chi connectivity index (χ0) is 17.1. The van der Waals surface area contributed by atoms with Crippen molar-refractivity contribution in [3.8, 4) is 22.8 Å². The first-order valence-corrected chi connectivity index (χ1v) is 7.65. The van der Waals surface area contributed by atoms with Gasteiger partial charge < -0.3 is 9.84 Å². The zero-order valence-corrected chi connectivity index (χ0v) is 13.7. The molecule has 3 rings (SSSR count). The Hall–Kier alpha value is -2.79. The third kappa shape index (κ3) is 3.41. The highest BCUT2D eigenvalue weighted by molar-refractivity contribution is 6.30. The number of methoxy groups -OCH3 is 1. The summed E-state index contributed by atoms with van der Waals surface area (Å²) in [4.78, 5) is 12.1. The molecule has 0 amide bonds. The van der Waals surface area contributed by atoms with Gasteiger partial charge in [0.1, 0.15) is 0 Å². The van der Waals surface area contributed by atoms with Crippen LogP contribution in [0.3, 0.4) is 0 Å². The minimum absolute atomic E-state index is 0.0618. The summed E-state index contributed by atoms with van der Waals surface area (Å²) in [6, 6.07) is 14.0. The maximum absolute atomic E-state index is 12.1. The predicted molar refractivity (Wildman–Crippen MR) is 92.8 cm³/mol. The normalized spacial score (nSPS) is 10.6. The van der Waals surface area contributed by atoms with E-state index in [4.69, 9.17) is 16.3 Å². The van der Waals surface area contributed by atoms with Crippen LogP contribution in [0, 0.1) is 0 Å². The Balaban J connectivity index is 1.95. The molecule has 0 radical (unpaired) electrons. The van der Waals surface area contributed by atoms with E-state index < -0.39 is 0 Å². The van der Waals surface area contributed by atoms with Crippen molar-refractivity contribution in [2.24, 2.45) is 0 Å². The quantitative estimate of drug-likeness (QED) is 0.762. The number of nitrogens with one attached hydrogen (secondary N) is 1. The topological polar surface area (TPSA) is 75.2 Å². The number of phenols is 1. The van der Waals surface area contributed by atoms with Crippen LogP contribution in [0.2, 0.25) is 5.02 Å². The van der Waals surface area contributed by atoms with Gasteiger partial charge in [-0.1, -0.05) is 29.8 Å². The van der Waals surface area contributed by atoms with Crippen LogP contribution in [0.5, 0.6) is 11.5 Å². The molecule has 3 aromatic rings. The molecule has 1 aromatic heterocycles. The highest BCUT2D eigenvalue weighted by Gasteiger charge is 2.09. The summed E-state index contributed by atoms with van der Waals surface area (Å²) in [6.07, 6.45) is 0.398. The lowest BCUT2D eigenvalue weighted by molar-refractivity contribution is 0.373. The number of phenolic OH excluding ortho intramolecular Hbond substituents is 1. The van der Waals surface area contributed by atoms with Gasteiger partial charge in [0.15, 0.2) is 11.5 Å². The molecule has 6 heteroatoms. The van der Waals surface area contributed by atoms with Crippen molar-refractivity contribution in [3.63, 3.8) is 0 Å². The monoisotopic (exact) mass is 342 g/mol. The standard InChI is InChI=1S/C18H15ClN2O3/c1-24-17-9-11(2-7-16(17)22)8-13-10-15(20-21-18(13)23)12-3-5-14(19)6-4-12/h2-7,9-10,22H,8H2,1H3,(H,21,23). The van der Waals surface area contributed by atoms with Crippen LogP contribution in [0.4, 0.5) is 0 Å². The van der Waals surface area contributed by atoms with Crippen LogP contribution in [-0.4, -0.2) is 22.4 Å². The van der Waals surface area contributed by atoms with Gasteiger partial charge in [-0.3, -0.25) is 4.79 Å². The van der Waals surface area contributed by atoms with E-state index in [1.807, 2.05) is 12.1 Å². The molecule has 0 aliphatic heterocycles. The highest BCUT2D eigenvalue weighted by Crippen LogP contribution is 2.27. The molecule has 0 atom stereocenters. The number of hydrogen-bond acceptors (Lipinski definition) is 4. The van der Waals surface area contributed by atoms with Crippen LogP contribution in [0.1, 0.15) is 11.1 Å². The second kappa shape index (κ2) is 6.76. The number of rotatable bonds is 4. The van der Waals surface area contributed by atoms with Crippen molar-refractivity contribution < 1.29 is 9.84 Å². The number of aromatic nitrogens is 2. The fourth-order valence-electron chi connectivity index (χ4n) is 2.40. The largest absolute Gasteiger partial charge is 0.504 e. The number of ether oxygens (including phenoxy) is 1. The van der Waals surface area contributed by atoms with E-state index in [0.29, 0.717) is 28.5 Å². The Morgan fingerprint density at radius 3 is 2.62 bits per heavy atom. The molecule has 1 heterocycles. The van der Waals surface area contributed by atoms with Crippen LogP contribution in [0.15, 0.2) is 53.3 Å². The summed E-state index contributed by atoms with van der Waals surface area (Å²) in [5, 5.41) is 16.9. The number of aromatic hydroxyl groups is 1. The van der Waals surface area contributed by atoms with Crippen molar-refractivity contribution in [1.82, 2.24) is 10.2 Å². The van der Waals surface area contributed by atoms with Gasteiger partial charge in [-0.2, -0.15) is 5.10 Å². The Bertz CT molecular complexity index is 920. The highest BCUT2D eigenvalue weighted by atomic mass is 35.5. The third-order valence-corrected chi connectivity index (χ3v) is 3.91. The van der Waals surface area contributed by atoms with Crippen LogP contribution in [-0.2, 0) is 6.42 Å². The number of benzene rings is 2. The molecule has 2 N–H and O–H groups in total. The Morgan fingerprint density at radius 2 is 1.92 bits per heavy atom. The van der Waals surface area contributed by atoms with E-state index in [-0.39, 0.29) is 11.3 Å². The number of H-pyrrole nitrogens is 1. The maximum Gasteiger partial charge on any atom is 0.267 e. The summed E-state index contributed by atoms with van der Waals surface area (Å²) in [5.41, 5.74) is 2.69. The summed E-state index contributed by atoms with van der Waals surface area (Å²) < 4.78 is 5.10. The Morgan fingerprint density at radius 1 is 1.17 bits per heavy atom. The molecule has 0 aliphatic rings. The van der Waals surface area contributed by atoms with Crippen molar-refractivity contribution >= 4 is 11.6 Å². The van der Waals surface area contributed by atoms with E-state index in [0.717, 1.165) is 11.1 Å². The summed E-state index contributed by atoms with van der Waals surface area (Å²) in [6.45, 7) is 0. The number of hydrogen-bond donors (Lipinski definition) is 2. The van der Waals surface area contributed by atoms with Crippen molar-refractivity contribution in [3.05, 3.63) is 75.0 Å². The summed E-state index contributed by atoms with van der Waals surface area (Å²) >= 11 is 5.89. The van der Waals surface area contributed by atoms with Crippen molar-refractivity contribution in [2.75, 3.05) is 7.11 Å². The SMILES string of the molecule is COc1cc(Cc2cc(-c3ccc(Cl)cc3)n[nH]c2=O)ccc1O. The lowest BCUT2D eigenvalue weighted by Gasteiger charge is -2.07. The van der Waals surface area contributed by atoms with Gasteiger partial charge in [0.25, 0.3) is 5.56 Å². The molecule has 2 aromatic carbocycles. The number of nitrogens with zero attached hydrogens (tertiary/aromatic N) is 1. The molecule has 0 spiro atoms. The molecular formula is C18H15ClN2O3. The minimum atomic E-state index is -0.250. The first kappa shape index (κ1) is 16.1. The van der Waals surface area contributed by atoms with E-state index in [1.165, 1.54) is 7.11 Å². The first-order chi connectivity index (χ1) is 11.6. The molecule has 0 bridgehead atoms. The Kier molecular flexibility index (Phi) is 4.53. The average molecular weight is 343 g/mol. The fraction of sp³-hybridized carbons (Fsp3) is 0.111. The molecule has 5 nitrogen and oxygen atoms in total. The molecule has 0 saturated heterocycles. The van der Waals surface area contributed by atoms with E-state index in [2.05, 4.69) is 10.2 Å². The smallest absolute Gasteiger partial charge is 0.267 e. The zero-order valence-electron chi connectivity index (χ0n) is 12.9. The van der Waals surface area contributed by atoms with Gasteiger partial charge in [0, 0.05) is 22.6 Å². The van der Waals surface area contributed by atoms with E-state index >= 15 is 0 Å². The average Bonchev–Trinajstić information content (AvgIpc) is 2.59. The molecule has 0 aliphatic carbocycles. The molecule has 0 saturated carbocycles. The summed E-state index contributed by atoms with van der Waals surface area (Å²) in [5.74, 6) is 0.433. The Labute approximate surface area is 143 Å². The van der Waals surface area contributed by atoms with Crippen LogP contribution >= 0.6 is 11.6 Å². The minimum Gasteiger partial charge on any atom is -0.504 e. The van der Waals surface area contributed by atoms with E-state index in [9.17, 15) is 9.90 Å². The molecule has 0 unspecified atom stereocenters. The number of aromatic amines is 1. The van der Waals surface area contributed by atoms with Gasteiger partial charge in [-0.15, -0.1) is 0 Å². The van der Waals surface area contributed by atoms with Crippen molar-refractivity contribution in [1.29, 1.82) is 0 Å². The lowest BCUT2D eigenvalue weighted by atomic mass is 10.0. The summed E-state index contributed by atoms with van der Waals surface area (Å²) in [7, 11) is 1.48. The second-order valence-corrected chi connectivity index (χ2v) is 5.73. The van der Waals surface area contributed by atoms with Gasteiger partial charge in [0.05, 0.1) is 12.8 Å².